The monoisotopic (exact) mass is 352 g/mol. The lowest BCUT2D eigenvalue weighted by Crippen LogP contribution is -2.43. The molecule has 2 aromatic carbocycles. The average molecular weight is 352 g/mol. The number of hydrogen-bond acceptors (Lipinski definition) is 4. The predicted octanol–water partition coefficient (Wildman–Crippen LogP) is 2.89. The Morgan fingerprint density at radius 1 is 1.08 bits per heavy atom. The summed E-state index contributed by atoms with van der Waals surface area (Å²) in [4.78, 5) is 28.8. The highest BCUT2D eigenvalue weighted by molar-refractivity contribution is 5.97. The third-order valence-electron chi connectivity index (χ3n) is 4.00. The van der Waals surface area contributed by atoms with E-state index in [2.05, 4.69) is 10.3 Å². The maximum Gasteiger partial charge on any atom is 0.328 e. The zero-order valence-corrected chi connectivity index (χ0v) is 14.1. The number of benzene rings is 2. The standard InChI is InChI=1S/C20H17FN2O3/c1-26-20(25)18(12-14-7-2-4-8-15(14)21)23-19(24)17-11-10-13-6-3-5-9-16(13)22-17/h2-11,18H,12H2,1H3,(H,23,24)/t18-/m0/s1. The van der Waals surface area contributed by atoms with Crippen LogP contribution in [0.3, 0.4) is 0 Å². The number of para-hydroxylation sites is 1. The van der Waals surface area contributed by atoms with Crippen molar-refractivity contribution in [2.45, 2.75) is 12.5 Å². The topological polar surface area (TPSA) is 68.3 Å². The fourth-order valence-electron chi connectivity index (χ4n) is 2.64. The molecule has 26 heavy (non-hydrogen) atoms. The summed E-state index contributed by atoms with van der Waals surface area (Å²) < 4.78 is 18.6. The first kappa shape index (κ1) is 17.5. The van der Waals surface area contributed by atoms with Crippen molar-refractivity contribution in [3.05, 3.63) is 77.7 Å². The molecule has 1 N–H and O–H groups in total. The second-order valence-corrected chi connectivity index (χ2v) is 5.73. The number of hydrogen-bond donors (Lipinski definition) is 1. The quantitative estimate of drug-likeness (QED) is 0.717. The highest BCUT2D eigenvalue weighted by Crippen LogP contribution is 2.13. The summed E-state index contributed by atoms with van der Waals surface area (Å²) in [5, 5.41) is 3.48. The van der Waals surface area contributed by atoms with E-state index in [-0.39, 0.29) is 12.1 Å². The first-order chi connectivity index (χ1) is 12.6. The molecule has 1 aromatic heterocycles. The molecule has 0 fully saturated rings. The van der Waals surface area contributed by atoms with Gasteiger partial charge in [-0.2, -0.15) is 0 Å². The fraction of sp³-hybridized carbons (Fsp3) is 0.150. The number of amides is 1. The molecule has 1 amide bonds. The summed E-state index contributed by atoms with van der Waals surface area (Å²) in [6.45, 7) is 0. The molecule has 0 bridgehead atoms. The molecule has 0 radical (unpaired) electrons. The summed E-state index contributed by atoms with van der Waals surface area (Å²) in [6.07, 6.45) is -0.0152. The molecule has 0 saturated heterocycles. The van der Waals surface area contributed by atoms with E-state index in [4.69, 9.17) is 4.74 Å². The third kappa shape index (κ3) is 3.85. The predicted molar refractivity (Wildman–Crippen MR) is 95.1 cm³/mol. The van der Waals surface area contributed by atoms with E-state index < -0.39 is 23.7 Å². The Kier molecular flexibility index (Phi) is 5.22. The Morgan fingerprint density at radius 3 is 2.58 bits per heavy atom. The maximum absolute atomic E-state index is 13.9. The first-order valence-electron chi connectivity index (χ1n) is 8.06. The number of fused-ring (bicyclic) bond motifs is 1. The van der Waals surface area contributed by atoms with Crippen molar-refractivity contribution in [3.8, 4) is 0 Å². The van der Waals surface area contributed by atoms with Crippen LogP contribution in [0.25, 0.3) is 10.9 Å². The lowest BCUT2D eigenvalue weighted by Gasteiger charge is -2.17. The van der Waals surface area contributed by atoms with Crippen molar-refractivity contribution in [3.63, 3.8) is 0 Å². The smallest absolute Gasteiger partial charge is 0.328 e. The van der Waals surface area contributed by atoms with Gasteiger partial charge in [0.25, 0.3) is 5.91 Å². The minimum absolute atomic E-state index is 0.0152. The molecule has 0 aliphatic heterocycles. The lowest BCUT2D eigenvalue weighted by molar-refractivity contribution is -0.142. The number of carbonyl (C=O) groups excluding carboxylic acids is 2. The number of methoxy groups -OCH3 is 1. The van der Waals surface area contributed by atoms with Gasteiger partial charge in [-0.1, -0.05) is 42.5 Å². The number of nitrogens with zero attached hydrogens (tertiary/aromatic N) is 1. The van der Waals surface area contributed by atoms with E-state index in [1.807, 2.05) is 18.2 Å². The van der Waals surface area contributed by atoms with Gasteiger partial charge in [-0.15, -0.1) is 0 Å². The van der Waals surface area contributed by atoms with E-state index in [0.717, 1.165) is 5.39 Å². The van der Waals surface area contributed by atoms with E-state index >= 15 is 0 Å². The minimum atomic E-state index is -1.02. The van der Waals surface area contributed by atoms with E-state index in [1.54, 1.807) is 36.4 Å². The van der Waals surface area contributed by atoms with Gasteiger partial charge in [0.15, 0.2) is 0 Å². The van der Waals surface area contributed by atoms with Gasteiger partial charge in [-0.25, -0.2) is 14.2 Å². The zero-order valence-electron chi connectivity index (χ0n) is 14.1. The van der Waals surface area contributed by atoms with Gasteiger partial charge < -0.3 is 10.1 Å². The van der Waals surface area contributed by atoms with Crippen LogP contribution in [0.2, 0.25) is 0 Å². The van der Waals surface area contributed by atoms with Crippen LogP contribution in [0.5, 0.6) is 0 Å². The Bertz CT molecular complexity index is 958. The molecule has 0 unspecified atom stereocenters. The number of aromatic nitrogens is 1. The van der Waals surface area contributed by atoms with Gasteiger partial charge in [0.1, 0.15) is 17.6 Å². The zero-order chi connectivity index (χ0) is 18.5. The number of ether oxygens (including phenoxy) is 1. The Balaban J connectivity index is 1.82. The van der Waals surface area contributed by atoms with Crippen LogP contribution in [0, 0.1) is 5.82 Å². The van der Waals surface area contributed by atoms with Crippen molar-refractivity contribution in [1.82, 2.24) is 10.3 Å². The molecular formula is C20H17FN2O3. The number of pyridine rings is 1. The van der Waals surface area contributed by atoms with Gasteiger partial charge in [0.2, 0.25) is 0 Å². The molecule has 6 heteroatoms. The SMILES string of the molecule is COC(=O)[C@H](Cc1ccccc1F)NC(=O)c1ccc2ccccc2n1. The molecule has 132 valence electrons. The Hall–Kier alpha value is -3.28. The normalized spacial score (nSPS) is 11.8. The summed E-state index contributed by atoms with van der Waals surface area (Å²) in [6, 6.07) is 15.8. The number of esters is 1. The molecular weight excluding hydrogens is 335 g/mol. The Morgan fingerprint density at radius 2 is 1.81 bits per heavy atom. The summed E-state index contributed by atoms with van der Waals surface area (Å²) in [5.41, 5.74) is 1.16. The molecule has 0 saturated carbocycles. The molecule has 5 nitrogen and oxygen atoms in total. The Labute approximate surface area is 149 Å². The van der Waals surface area contributed by atoms with Crippen molar-refractivity contribution in [2.75, 3.05) is 7.11 Å². The number of halogens is 1. The van der Waals surface area contributed by atoms with Gasteiger partial charge in [-0.05, 0) is 23.8 Å². The van der Waals surface area contributed by atoms with E-state index in [9.17, 15) is 14.0 Å². The number of carbonyl (C=O) groups is 2. The molecule has 0 aliphatic rings. The molecule has 0 spiro atoms. The van der Waals surface area contributed by atoms with Crippen LogP contribution in [0.4, 0.5) is 4.39 Å². The first-order valence-corrected chi connectivity index (χ1v) is 8.06. The molecule has 3 rings (SSSR count). The summed E-state index contributed by atoms with van der Waals surface area (Å²) in [7, 11) is 1.22. The number of nitrogens with one attached hydrogen (secondary N) is 1. The maximum atomic E-state index is 13.9. The molecule has 1 atom stereocenters. The van der Waals surface area contributed by atoms with Crippen LogP contribution in [0.15, 0.2) is 60.7 Å². The third-order valence-corrected chi connectivity index (χ3v) is 4.00. The van der Waals surface area contributed by atoms with Crippen LogP contribution in [-0.2, 0) is 16.0 Å². The summed E-state index contributed by atoms with van der Waals surface area (Å²) >= 11 is 0. The van der Waals surface area contributed by atoms with Crippen LogP contribution in [-0.4, -0.2) is 30.0 Å². The van der Waals surface area contributed by atoms with Gasteiger partial charge in [0, 0.05) is 11.8 Å². The van der Waals surface area contributed by atoms with Crippen molar-refractivity contribution in [2.24, 2.45) is 0 Å². The number of rotatable bonds is 5. The van der Waals surface area contributed by atoms with E-state index in [1.165, 1.54) is 13.2 Å². The van der Waals surface area contributed by atoms with Gasteiger partial charge in [0.05, 0.1) is 12.6 Å². The highest BCUT2D eigenvalue weighted by Gasteiger charge is 2.24. The van der Waals surface area contributed by atoms with Crippen LogP contribution < -0.4 is 5.32 Å². The van der Waals surface area contributed by atoms with E-state index in [0.29, 0.717) is 11.1 Å². The highest BCUT2D eigenvalue weighted by atomic mass is 19.1. The molecule has 3 aromatic rings. The van der Waals surface area contributed by atoms with Gasteiger partial charge >= 0.3 is 5.97 Å². The van der Waals surface area contributed by atoms with Crippen molar-refractivity contribution < 1.29 is 18.7 Å². The largest absolute Gasteiger partial charge is 0.467 e. The second-order valence-electron chi connectivity index (χ2n) is 5.73. The second kappa shape index (κ2) is 7.74. The molecule has 1 heterocycles. The lowest BCUT2D eigenvalue weighted by atomic mass is 10.1. The van der Waals surface area contributed by atoms with Crippen molar-refractivity contribution in [1.29, 1.82) is 0 Å². The minimum Gasteiger partial charge on any atom is -0.467 e. The van der Waals surface area contributed by atoms with Crippen molar-refractivity contribution >= 4 is 22.8 Å². The summed E-state index contributed by atoms with van der Waals surface area (Å²) in [5.74, 6) is -1.62. The average Bonchev–Trinajstić information content (AvgIpc) is 2.68. The fourth-order valence-corrected chi connectivity index (χ4v) is 2.64. The molecule has 0 aliphatic carbocycles. The van der Waals surface area contributed by atoms with Crippen LogP contribution >= 0.6 is 0 Å². The van der Waals surface area contributed by atoms with Crippen LogP contribution in [0.1, 0.15) is 16.1 Å². The van der Waals surface area contributed by atoms with Gasteiger partial charge in [-0.3, -0.25) is 4.79 Å².